The predicted molar refractivity (Wildman–Crippen MR) is 234 cm³/mol. The summed E-state index contributed by atoms with van der Waals surface area (Å²) >= 11 is 0. The van der Waals surface area contributed by atoms with Crippen LogP contribution in [0, 0.1) is 0 Å². The highest BCUT2D eigenvalue weighted by atomic mass is 15.2. The van der Waals surface area contributed by atoms with Gasteiger partial charge in [0.05, 0.1) is 33.1 Å². The van der Waals surface area contributed by atoms with E-state index in [9.17, 15) is 0 Å². The van der Waals surface area contributed by atoms with Gasteiger partial charge >= 0.3 is 0 Å². The third-order valence-corrected chi connectivity index (χ3v) is 11.3. The van der Waals surface area contributed by atoms with Gasteiger partial charge in [-0.05, 0) is 60.7 Å². The molecule has 57 heavy (non-hydrogen) atoms. The van der Waals surface area contributed by atoms with Gasteiger partial charge in [-0.3, -0.25) is 4.57 Å². The van der Waals surface area contributed by atoms with E-state index < -0.39 is 0 Å². The first-order valence-electron chi connectivity index (χ1n) is 19.2. The van der Waals surface area contributed by atoms with Gasteiger partial charge in [-0.15, -0.1) is 0 Å². The maximum atomic E-state index is 5.20. The second-order valence-corrected chi connectivity index (χ2v) is 14.5. The van der Waals surface area contributed by atoms with Crippen molar-refractivity contribution in [3.05, 3.63) is 194 Å². The minimum Gasteiger partial charge on any atom is -0.309 e. The van der Waals surface area contributed by atoms with E-state index in [0.29, 0.717) is 17.6 Å². The van der Waals surface area contributed by atoms with Crippen molar-refractivity contribution in [3.8, 4) is 40.1 Å². The van der Waals surface area contributed by atoms with E-state index in [-0.39, 0.29) is 0 Å². The number of hydrogen-bond donors (Lipinski definition) is 0. The molecule has 8 aromatic carbocycles. The molecule has 0 unspecified atom stereocenters. The standard InChI is InChI=1S/C51H32N6/c1-4-16-33(17-5-1)49-52-50(34-18-6-2-7-19-34)54-51(53-49)57-45-27-15-12-24-39(45)42-31-41-38-23-11-14-26-44(38)56(47(41)32-48(42)57)36-28-29-46-40(30-36)37-22-10-13-25-43(37)55(46)35-20-8-3-9-21-35/h1-32H. The fourth-order valence-electron chi connectivity index (χ4n) is 8.78. The molecule has 0 aliphatic carbocycles. The number of hydrogen-bond acceptors (Lipinski definition) is 3. The highest BCUT2D eigenvalue weighted by molar-refractivity contribution is 6.19. The van der Waals surface area contributed by atoms with Crippen LogP contribution >= 0.6 is 0 Å². The zero-order valence-electron chi connectivity index (χ0n) is 30.7. The van der Waals surface area contributed by atoms with Crippen LogP contribution in [0.4, 0.5) is 0 Å². The molecule has 0 bridgehead atoms. The van der Waals surface area contributed by atoms with Gasteiger partial charge in [0.15, 0.2) is 11.6 Å². The quantitative estimate of drug-likeness (QED) is 0.177. The van der Waals surface area contributed by atoms with Crippen LogP contribution < -0.4 is 0 Å². The Bertz CT molecular complexity index is 3450. The van der Waals surface area contributed by atoms with Crippen molar-refractivity contribution in [2.75, 3.05) is 0 Å². The van der Waals surface area contributed by atoms with E-state index >= 15 is 0 Å². The Kier molecular flexibility index (Phi) is 6.83. The fourth-order valence-corrected chi connectivity index (χ4v) is 8.78. The van der Waals surface area contributed by atoms with Gasteiger partial charge in [0.2, 0.25) is 5.95 Å². The van der Waals surface area contributed by atoms with Gasteiger partial charge in [-0.1, -0.05) is 133 Å². The smallest absolute Gasteiger partial charge is 0.238 e. The molecule has 4 aromatic heterocycles. The Morgan fingerprint density at radius 2 is 0.684 bits per heavy atom. The van der Waals surface area contributed by atoms with Crippen LogP contribution in [0.5, 0.6) is 0 Å². The third kappa shape index (κ3) is 4.81. The number of benzene rings is 8. The van der Waals surface area contributed by atoms with Crippen molar-refractivity contribution in [2.45, 2.75) is 0 Å². The lowest BCUT2D eigenvalue weighted by atomic mass is 10.1. The van der Waals surface area contributed by atoms with Crippen molar-refractivity contribution in [1.82, 2.24) is 28.7 Å². The van der Waals surface area contributed by atoms with Crippen molar-refractivity contribution >= 4 is 65.4 Å². The molecule has 6 nitrogen and oxygen atoms in total. The first kappa shape index (κ1) is 31.5. The van der Waals surface area contributed by atoms with Gasteiger partial charge in [-0.2, -0.15) is 9.97 Å². The molecule has 0 fully saturated rings. The first-order chi connectivity index (χ1) is 28.3. The molecule has 0 saturated heterocycles. The van der Waals surface area contributed by atoms with Gasteiger partial charge in [-0.25, -0.2) is 4.98 Å². The molecule has 6 heteroatoms. The zero-order valence-corrected chi connectivity index (χ0v) is 30.7. The van der Waals surface area contributed by atoms with Crippen LogP contribution in [0.3, 0.4) is 0 Å². The Morgan fingerprint density at radius 1 is 0.263 bits per heavy atom. The lowest BCUT2D eigenvalue weighted by Crippen LogP contribution is -2.06. The molecule has 0 N–H and O–H groups in total. The summed E-state index contributed by atoms with van der Waals surface area (Å²) in [6.45, 7) is 0. The van der Waals surface area contributed by atoms with Crippen LogP contribution in [0.2, 0.25) is 0 Å². The summed E-state index contributed by atoms with van der Waals surface area (Å²) in [6, 6.07) is 68.5. The van der Waals surface area contributed by atoms with E-state index in [1.165, 1.54) is 32.6 Å². The molecule has 0 saturated carbocycles. The van der Waals surface area contributed by atoms with Crippen LogP contribution in [0.1, 0.15) is 0 Å². The Morgan fingerprint density at radius 3 is 1.25 bits per heavy atom. The van der Waals surface area contributed by atoms with E-state index in [1.807, 2.05) is 36.4 Å². The fraction of sp³-hybridized carbons (Fsp3) is 0. The molecule has 0 aliphatic heterocycles. The summed E-state index contributed by atoms with van der Waals surface area (Å²) < 4.78 is 6.99. The summed E-state index contributed by atoms with van der Waals surface area (Å²) in [5, 5.41) is 7.11. The topological polar surface area (TPSA) is 53.5 Å². The van der Waals surface area contributed by atoms with E-state index in [4.69, 9.17) is 15.0 Å². The summed E-state index contributed by atoms with van der Waals surface area (Å²) in [7, 11) is 0. The second kappa shape index (κ2) is 12.3. The minimum atomic E-state index is 0.575. The molecule has 12 aromatic rings. The highest BCUT2D eigenvalue weighted by Gasteiger charge is 2.22. The van der Waals surface area contributed by atoms with Crippen LogP contribution in [-0.4, -0.2) is 28.7 Å². The lowest BCUT2D eigenvalue weighted by molar-refractivity contribution is 0.953. The largest absolute Gasteiger partial charge is 0.309 e. The average molecular weight is 729 g/mol. The maximum Gasteiger partial charge on any atom is 0.238 e. The molecule has 0 aliphatic rings. The SMILES string of the molecule is c1ccc(-c2nc(-c3ccccc3)nc(-n3c4ccccc4c4cc5c6ccccc6n(-c6ccc7c(c6)c6ccccc6n7-c6ccccc6)c5cc43)n2)cc1. The van der Waals surface area contributed by atoms with Crippen LogP contribution in [0.15, 0.2) is 194 Å². The van der Waals surface area contributed by atoms with Crippen molar-refractivity contribution < 1.29 is 0 Å². The summed E-state index contributed by atoms with van der Waals surface area (Å²) in [5.41, 5.74) is 10.8. The normalized spacial score (nSPS) is 11.9. The molecule has 266 valence electrons. The molecule has 0 amide bonds. The third-order valence-electron chi connectivity index (χ3n) is 11.3. The Labute approximate surface area is 327 Å². The van der Waals surface area contributed by atoms with Gasteiger partial charge < -0.3 is 9.13 Å². The molecule has 0 atom stereocenters. The van der Waals surface area contributed by atoms with Crippen molar-refractivity contribution in [3.63, 3.8) is 0 Å². The minimum absolute atomic E-state index is 0.575. The van der Waals surface area contributed by atoms with Gasteiger partial charge in [0, 0.05) is 54.8 Å². The van der Waals surface area contributed by atoms with Gasteiger partial charge in [0.1, 0.15) is 0 Å². The van der Waals surface area contributed by atoms with Crippen molar-refractivity contribution in [1.29, 1.82) is 0 Å². The number of fused-ring (bicyclic) bond motifs is 9. The molecule has 0 spiro atoms. The molecule has 4 heterocycles. The van der Waals surface area contributed by atoms with Crippen molar-refractivity contribution in [2.24, 2.45) is 0 Å². The first-order valence-corrected chi connectivity index (χ1v) is 19.2. The number of aromatic nitrogens is 6. The van der Waals surface area contributed by atoms with Gasteiger partial charge in [0.25, 0.3) is 0 Å². The number of rotatable bonds is 5. The van der Waals surface area contributed by atoms with E-state index in [1.54, 1.807) is 0 Å². The van der Waals surface area contributed by atoms with E-state index in [2.05, 4.69) is 171 Å². The second-order valence-electron chi connectivity index (χ2n) is 14.5. The number of para-hydroxylation sites is 4. The summed E-state index contributed by atoms with van der Waals surface area (Å²) in [5.74, 6) is 1.83. The van der Waals surface area contributed by atoms with E-state index in [0.717, 1.165) is 55.3 Å². The number of nitrogens with zero attached hydrogens (tertiary/aromatic N) is 6. The highest BCUT2D eigenvalue weighted by Crippen LogP contribution is 2.41. The molecule has 0 radical (unpaired) electrons. The zero-order chi connectivity index (χ0) is 37.5. The molecule has 12 rings (SSSR count). The molecular formula is C51H32N6. The predicted octanol–water partition coefficient (Wildman–Crippen LogP) is 12.5. The maximum absolute atomic E-state index is 5.20. The lowest BCUT2D eigenvalue weighted by Gasteiger charge is -2.12. The summed E-state index contributed by atoms with van der Waals surface area (Å²) in [6.07, 6.45) is 0. The Hall–Kier alpha value is -7.83. The van der Waals surface area contributed by atoms with Crippen LogP contribution in [-0.2, 0) is 0 Å². The monoisotopic (exact) mass is 728 g/mol. The molecular weight excluding hydrogens is 697 g/mol. The average Bonchev–Trinajstić information content (AvgIpc) is 3.91. The van der Waals surface area contributed by atoms with Crippen LogP contribution in [0.25, 0.3) is 106 Å². The Balaban J connectivity index is 1.16. The summed E-state index contributed by atoms with van der Waals surface area (Å²) in [4.78, 5) is 15.4.